The van der Waals surface area contributed by atoms with Gasteiger partial charge in [-0.3, -0.25) is 14.4 Å². The van der Waals surface area contributed by atoms with E-state index in [4.69, 9.17) is 9.84 Å². The van der Waals surface area contributed by atoms with Gasteiger partial charge in [0.05, 0.1) is 6.54 Å². The van der Waals surface area contributed by atoms with Crippen LogP contribution in [-0.2, 0) is 29.0 Å². The maximum atomic E-state index is 12.6. The Hall–Kier alpha value is -2.89. The van der Waals surface area contributed by atoms with Crippen LogP contribution in [0.1, 0.15) is 55.6 Å². The highest BCUT2D eigenvalue weighted by molar-refractivity contribution is 5.99. The summed E-state index contributed by atoms with van der Waals surface area (Å²) in [5.41, 5.74) is 2.33. The van der Waals surface area contributed by atoms with Gasteiger partial charge in [-0.2, -0.15) is 0 Å². The number of benzene rings is 1. The summed E-state index contributed by atoms with van der Waals surface area (Å²) in [4.78, 5) is 36.0. The molecule has 0 fully saturated rings. The summed E-state index contributed by atoms with van der Waals surface area (Å²) in [5, 5.41) is 8.95. The molecule has 29 heavy (non-hydrogen) atoms. The van der Waals surface area contributed by atoms with Crippen molar-refractivity contribution in [2.45, 2.75) is 59.6 Å². The Bertz CT molecular complexity index is 864. The lowest BCUT2D eigenvalue weighted by molar-refractivity contribution is -0.137. The van der Waals surface area contributed by atoms with Crippen molar-refractivity contribution in [2.24, 2.45) is 5.92 Å². The van der Waals surface area contributed by atoms with E-state index in [0.717, 1.165) is 6.42 Å². The second kappa shape index (κ2) is 10.0. The fourth-order valence-corrected chi connectivity index (χ4v) is 3.00. The van der Waals surface area contributed by atoms with Crippen LogP contribution in [0.2, 0.25) is 0 Å². The fourth-order valence-electron chi connectivity index (χ4n) is 3.00. The third-order valence-electron chi connectivity index (χ3n) is 4.80. The van der Waals surface area contributed by atoms with Gasteiger partial charge in [0.25, 0.3) is 0 Å². The van der Waals surface area contributed by atoms with Crippen LogP contribution in [0, 0.1) is 5.92 Å². The van der Waals surface area contributed by atoms with E-state index in [0.29, 0.717) is 16.9 Å². The number of rotatable bonds is 11. The Morgan fingerprint density at radius 2 is 1.72 bits per heavy atom. The van der Waals surface area contributed by atoms with Crippen LogP contribution in [0.4, 0.5) is 0 Å². The van der Waals surface area contributed by atoms with E-state index in [-0.39, 0.29) is 36.9 Å². The number of carboxylic acids is 1. The molecule has 156 valence electrons. The van der Waals surface area contributed by atoms with E-state index in [1.807, 2.05) is 24.3 Å². The van der Waals surface area contributed by atoms with Gasteiger partial charge in [-0.15, -0.1) is 0 Å². The molecule has 1 unspecified atom stereocenters. The summed E-state index contributed by atoms with van der Waals surface area (Å²) in [6.07, 6.45) is 3.81. The van der Waals surface area contributed by atoms with E-state index >= 15 is 0 Å². The molecular weight excluding hydrogens is 370 g/mol. The van der Waals surface area contributed by atoms with Crippen molar-refractivity contribution in [3.63, 3.8) is 0 Å². The molecule has 1 aromatic carbocycles. The predicted molar refractivity (Wildman–Crippen MR) is 110 cm³/mol. The highest BCUT2D eigenvalue weighted by Crippen LogP contribution is 2.19. The lowest BCUT2D eigenvalue weighted by atomic mass is 9.98. The van der Waals surface area contributed by atoms with Crippen molar-refractivity contribution in [1.82, 2.24) is 4.57 Å². The van der Waals surface area contributed by atoms with Crippen molar-refractivity contribution in [1.29, 1.82) is 0 Å². The first-order valence-electron chi connectivity index (χ1n) is 9.94. The third kappa shape index (κ3) is 6.31. The zero-order chi connectivity index (χ0) is 21.6. The minimum absolute atomic E-state index is 0.0552. The molecule has 1 N–H and O–H groups in total. The maximum Gasteiger partial charge on any atom is 0.303 e. The van der Waals surface area contributed by atoms with Crippen LogP contribution in [0.5, 0.6) is 5.75 Å². The van der Waals surface area contributed by atoms with Crippen molar-refractivity contribution < 1.29 is 24.2 Å². The van der Waals surface area contributed by atoms with Crippen LogP contribution < -0.4 is 4.74 Å². The van der Waals surface area contributed by atoms with Crippen LogP contribution in [0.3, 0.4) is 0 Å². The molecule has 0 bridgehead atoms. The lowest BCUT2D eigenvalue weighted by Crippen LogP contribution is -2.27. The minimum Gasteiger partial charge on any atom is -0.483 e. The average molecular weight is 399 g/mol. The number of aliphatic carboxylic acids is 1. The molecule has 0 spiro atoms. The summed E-state index contributed by atoms with van der Waals surface area (Å²) in [6, 6.07) is 7.64. The molecule has 0 amide bonds. The minimum atomic E-state index is -0.923. The number of Topliss-reactive ketones (excluding diaryl/α,β-unsaturated/α-hetero) is 2. The number of carboxylic acid groups (broad SMARTS) is 1. The van der Waals surface area contributed by atoms with Crippen molar-refractivity contribution >= 4 is 17.5 Å². The first kappa shape index (κ1) is 22.4. The van der Waals surface area contributed by atoms with Gasteiger partial charge in [-0.25, -0.2) is 0 Å². The van der Waals surface area contributed by atoms with Gasteiger partial charge < -0.3 is 14.4 Å². The summed E-state index contributed by atoms with van der Waals surface area (Å²) in [6.45, 7) is 7.42. The summed E-state index contributed by atoms with van der Waals surface area (Å²) < 4.78 is 7.39. The Labute approximate surface area is 171 Å². The van der Waals surface area contributed by atoms with Gasteiger partial charge >= 0.3 is 5.97 Å². The van der Waals surface area contributed by atoms with Crippen molar-refractivity contribution in [3.8, 4) is 5.75 Å². The predicted octanol–water partition coefficient (Wildman–Crippen LogP) is 3.94. The van der Waals surface area contributed by atoms with Crippen LogP contribution >= 0.6 is 0 Å². The molecule has 0 saturated carbocycles. The standard InChI is InChI=1S/C23H29NO5/c1-5-17-6-9-19(10-7-17)29-16(4)21(25)14-24-12-18(8-11-22(26)27)20(13-24)23(28)15(2)3/h6-7,9-10,12-13,15-16H,5,8,11,14H2,1-4H3,(H,26,27). The third-order valence-corrected chi connectivity index (χ3v) is 4.80. The molecule has 1 aromatic heterocycles. The first-order chi connectivity index (χ1) is 13.7. The van der Waals surface area contributed by atoms with Gasteiger partial charge in [0.2, 0.25) is 0 Å². The number of ether oxygens (including phenoxy) is 1. The number of hydrogen-bond acceptors (Lipinski definition) is 4. The Kier molecular flexibility index (Phi) is 7.76. The molecular formula is C23H29NO5. The molecule has 0 radical (unpaired) electrons. The Balaban J connectivity index is 2.10. The van der Waals surface area contributed by atoms with Crippen LogP contribution in [-0.4, -0.2) is 33.3 Å². The molecule has 6 nitrogen and oxygen atoms in total. The molecule has 2 aromatic rings. The number of hydrogen-bond donors (Lipinski definition) is 1. The van der Waals surface area contributed by atoms with Crippen molar-refractivity contribution in [2.75, 3.05) is 0 Å². The SMILES string of the molecule is CCc1ccc(OC(C)C(=O)Cn2cc(CCC(=O)O)c(C(=O)C(C)C)c2)cc1. The van der Waals surface area contributed by atoms with E-state index in [2.05, 4.69) is 6.92 Å². The summed E-state index contributed by atoms with van der Waals surface area (Å²) in [7, 11) is 0. The topological polar surface area (TPSA) is 85.6 Å². The molecule has 0 aliphatic heterocycles. The van der Waals surface area contributed by atoms with Gasteiger partial charge in [-0.1, -0.05) is 32.9 Å². The fraction of sp³-hybridized carbons (Fsp3) is 0.435. The largest absolute Gasteiger partial charge is 0.483 e. The van der Waals surface area contributed by atoms with Gasteiger partial charge in [0.15, 0.2) is 17.7 Å². The normalized spacial score (nSPS) is 12.0. The first-order valence-corrected chi connectivity index (χ1v) is 9.94. The summed E-state index contributed by atoms with van der Waals surface area (Å²) in [5.74, 6) is -0.690. The average Bonchev–Trinajstić information content (AvgIpc) is 3.08. The Morgan fingerprint density at radius 1 is 1.07 bits per heavy atom. The quantitative estimate of drug-likeness (QED) is 0.579. The van der Waals surface area contributed by atoms with E-state index in [9.17, 15) is 14.4 Å². The van der Waals surface area contributed by atoms with Crippen molar-refractivity contribution in [3.05, 3.63) is 53.3 Å². The second-order valence-electron chi connectivity index (χ2n) is 7.51. The molecule has 1 atom stereocenters. The zero-order valence-electron chi connectivity index (χ0n) is 17.5. The van der Waals surface area contributed by atoms with Crippen LogP contribution in [0.25, 0.3) is 0 Å². The number of carbonyl (C=O) groups is 3. The monoisotopic (exact) mass is 399 g/mol. The number of carbonyl (C=O) groups excluding carboxylic acids is 2. The molecule has 0 aliphatic rings. The highest BCUT2D eigenvalue weighted by atomic mass is 16.5. The molecule has 1 heterocycles. The van der Waals surface area contributed by atoms with E-state index in [1.54, 1.807) is 37.7 Å². The van der Waals surface area contributed by atoms with Gasteiger partial charge in [0, 0.05) is 30.3 Å². The molecule has 2 rings (SSSR count). The summed E-state index contributed by atoms with van der Waals surface area (Å²) >= 11 is 0. The smallest absolute Gasteiger partial charge is 0.303 e. The zero-order valence-corrected chi connectivity index (χ0v) is 17.5. The number of aryl methyl sites for hydroxylation is 2. The highest BCUT2D eigenvalue weighted by Gasteiger charge is 2.21. The second-order valence-corrected chi connectivity index (χ2v) is 7.51. The molecule has 0 saturated heterocycles. The Morgan fingerprint density at radius 3 is 2.28 bits per heavy atom. The van der Waals surface area contributed by atoms with Gasteiger partial charge in [0.1, 0.15) is 5.75 Å². The number of ketones is 2. The number of aromatic nitrogens is 1. The van der Waals surface area contributed by atoms with Crippen LogP contribution in [0.15, 0.2) is 36.7 Å². The maximum absolute atomic E-state index is 12.6. The van der Waals surface area contributed by atoms with E-state index in [1.165, 1.54) is 5.56 Å². The lowest BCUT2D eigenvalue weighted by Gasteiger charge is -2.14. The molecule has 6 heteroatoms. The number of nitrogens with zero attached hydrogens (tertiary/aromatic N) is 1. The van der Waals surface area contributed by atoms with Gasteiger partial charge in [-0.05, 0) is 43.0 Å². The van der Waals surface area contributed by atoms with E-state index < -0.39 is 12.1 Å². The molecule has 0 aliphatic carbocycles.